The van der Waals surface area contributed by atoms with Crippen molar-refractivity contribution in [2.75, 3.05) is 0 Å². The molecule has 0 atom stereocenters. The zero-order valence-corrected chi connectivity index (χ0v) is 10.6. The smallest absolute Gasteiger partial charge is 0.0345 e. The van der Waals surface area contributed by atoms with Crippen molar-refractivity contribution < 1.29 is 0 Å². The number of hydrogen-bond acceptors (Lipinski definition) is 1. The molecular formula is C16H14S. The van der Waals surface area contributed by atoms with Crippen LogP contribution >= 0.6 is 11.3 Å². The standard InChI is InChI=1S/C16H14S/c1-12-7-8-16-14(9-12)11-15(17-16)10-13-5-3-2-4-6-13/h2-9,11H,10H2,1H3. The van der Waals surface area contributed by atoms with E-state index in [1.807, 2.05) is 11.3 Å². The van der Waals surface area contributed by atoms with Crippen LogP contribution in [0.1, 0.15) is 16.0 Å². The molecule has 3 aromatic rings. The molecule has 0 aliphatic rings. The Labute approximate surface area is 106 Å². The average Bonchev–Trinajstić information content (AvgIpc) is 2.71. The monoisotopic (exact) mass is 238 g/mol. The first-order chi connectivity index (χ1) is 8.31. The van der Waals surface area contributed by atoms with E-state index in [9.17, 15) is 0 Å². The fourth-order valence-electron chi connectivity index (χ4n) is 2.10. The van der Waals surface area contributed by atoms with Crippen molar-refractivity contribution in [2.24, 2.45) is 0 Å². The van der Waals surface area contributed by atoms with Crippen molar-refractivity contribution in [1.29, 1.82) is 0 Å². The van der Waals surface area contributed by atoms with Gasteiger partial charge in [0.05, 0.1) is 0 Å². The SMILES string of the molecule is Cc1ccc2sc(Cc3ccccc3)cc2c1. The van der Waals surface area contributed by atoms with E-state index in [-0.39, 0.29) is 0 Å². The predicted octanol–water partition coefficient (Wildman–Crippen LogP) is 4.80. The van der Waals surface area contributed by atoms with E-state index in [0.717, 1.165) is 6.42 Å². The van der Waals surface area contributed by atoms with Crippen LogP contribution in [-0.4, -0.2) is 0 Å². The lowest BCUT2D eigenvalue weighted by molar-refractivity contribution is 1.24. The Morgan fingerprint density at radius 2 is 1.76 bits per heavy atom. The van der Waals surface area contributed by atoms with Crippen LogP contribution in [0.3, 0.4) is 0 Å². The molecule has 0 N–H and O–H groups in total. The predicted molar refractivity (Wildman–Crippen MR) is 75.8 cm³/mol. The van der Waals surface area contributed by atoms with Gasteiger partial charge in [0.15, 0.2) is 0 Å². The zero-order chi connectivity index (χ0) is 11.7. The van der Waals surface area contributed by atoms with E-state index in [2.05, 4.69) is 61.5 Å². The minimum Gasteiger partial charge on any atom is -0.140 e. The highest BCUT2D eigenvalue weighted by molar-refractivity contribution is 7.19. The summed E-state index contributed by atoms with van der Waals surface area (Å²) >= 11 is 1.90. The molecule has 0 unspecified atom stereocenters. The quantitative estimate of drug-likeness (QED) is 0.601. The Morgan fingerprint density at radius 3 is 2.59 bits per heavy atom. The van der Waals surface area contributed by atoms with E-state index >= 15 is 0 Å². The zero-order valence-electron chi connectivity index (χ0n) is 9.81. The molecule has 0 saturated carbocycles. The maximum absolute atomic E-state index is 2.32. The molecular weight excluding hydrogens is 224 g/mol. The molecule has 3 rings (SSSR count). The number of fused-ring (bicyclic) bond motifs is 1. The Balaban J connectivity index is 1.96. The van der Waals surface area contributed by atoms with Crippen molar-refractivity contribution in [3.05, 3.63) is 70.6 Å². The molecule has 84 valence electrons. The van der Waals surface area contributed by atoms with Crippen LogP contribution in [0.2, 0.25) is 0 Å². The van der Waals surface area contributed by atoms with Crippen molar-refractivity contribution >= 4 is 21.4 Å². The molecule has 0 saturated heterocycles. The van der Waals surface area contributed by atoms with Crippen molar-refractivity contribution in [2.45, 2.75) is 13.3 Å². The molecule has 0 spiro atoms. The van der Waals surface area contributed by atoms with Gasteiger partial charge in [0.25, 0.3) is 0 Å². The van der Waals surface area contributed by atoms with Gasteiger partial charge in [-0.2, -0.15) is 0 Å². The molecule has 0 radical (unpaired) electrons. The van der Waals surface area contributed by atoms with Crippen LogP contribution in [0, 0.1) is 6.92 Å². The first kappa shape index (κ1) is 10.5. The lowest BCUT2D eigenvalue weighted by atomic mass is 10.1. The van der Waals surface area contributed by atoms with Gasteiger partial charge in [-0.05, 0) is 30.0 Å². The highest BCUT2D eigenvalue weighted by atomic mass is 32.1. The lowest BCUT2D eigenvalue weighted by Crippen LogP contribution is -1.81. The van der Waals surface area contributed by atoms with Gasteiger partial charge in [0.2, 0.25) is 0 Å². The molecule has 1 heterocycles. The number of aryl methyl sites for hydroxylation is 1. The van der Waals surface area contributed by atoms with Crippen LogP contribution < -0.4 is 0 Å². The van der Waals surface area contributed by atoms with Gasteiger partial charge in [0.1, 0.15) is 0 Å². The summed E-state index contributed by atoms with van der Waals surface area (Å²) in [6, 6.07) is 19.7. The largest absolute Gasteiger partial charge is 0.140 e. The summed E-state index contributed by atoms with van der Waals surface area (Å²) in [5.74, 6) is 0. The summed E-state index contributed by atoms with van der Waals surface area (Å²) in [4.78, 5) is 1.44. The van der Waals surface area contributed by atoms with Gasteiger partial charge in [0, 0.05) is 16.0 Å². The summed E-state index contributed by atoms with van der Waals surface area (Å²) in [5, 5.41) is 1.38. The van der Waals surface area contributed by atoms with Gasteiger partial charge in [-0.3, -0.25) is 0 Å². The summed E-state index contributed by atoms with van der Waals surface area (Å²) in [5.41, 5.74) is 2.72. The third kappa shape index (κ3) is 2.25. The minimum absolute atomic E-state index is 1.04. The van der Waals surface area contributed by atoms with Crippen LogP contribution in [0.5, 0.6) is 0 Å². The highest BCUT2D eigenvalue weighted by Crippen LogP contribution is 2.28. The Kier molecular flexibility index (Phi) is 2.69. The summed E-state index contributed by atoms with van der Waals surface area (Å²) in [6.07, 6.45) is 1.04. The van der Waals surface area contributed by atoms with Gasteiger partial charge < -0.3 is 0 Å². The number of hydrogen-bond donors (Lipinski definition) is 0. The maximum Gasteiger partial charge on any atom is 0.0345 e. The third-order valence-corrected chi connectivity index (χ3v) is 4.06. The van der Waals surface area contributed by atoms with E-state index in [1.54, 1.807) is 0 Å². The van der Waals surface area contributed by atoms with E-state index < -0.39 is 0 Å². The Hall–Kier alpha value is -1.60. The van der Waals surface area contributed by atoms with Crippen molar-refractivity contribution in [3.8, 4) is 0 Å². The fourth-order valence-corrected chi connectivity index (χ4v) is 3.18. The lowest BCUT2D eigenvalue weighted by Gasteiger charge is -1.96. The van der Waals surface area contributed by atoms with Crippen LogP contribution in [0.15, 0.2) is 54.6 Å². The molecule has 0 amide bonds. The molecule has 1 aromatic heterocycles. The number of benzene rings is 2. The van der Waals surface area contributed by atoms with Gasteiger partial charge in [-0.25, -0.2) is 0 Å². The van der Waals surface area contributed by atoms with Crippen molar-refractivity contribution in [3.63, 3.8) is 0 Å². The maximum atomic E-state index is 2.32. The Bertz CT molecular complexity index is 635. The number of rotatable bonds is 2. The average molecular weight is 238 g/mol. The van der Waals surface area contributed by atoms with E-state index in [4.69, 9.17) is 0 Å². The molecule has 0 bridgehead atoms. The summed E-state index contributed by atoms with van der Waals surface area (Å²) < 4.78 is 1.39. The van der Waals surface area contributed by atoms with Crippen LogP contribution in [0.4, 0.5) is 0 Å². The van der Waals surface area contributed by atoms with Gasteiger partial charge in [-0.1, -0.05) is 48.0 Å². The second kappa shape index (κ2) is 4.34. The first-order valence-corrected chi connectivity index (χ1v) is 6.66. The number of thiophene rings is 1. The molecule has 0 nitrogen and oxygen atoms in total. The normalized spacial score (nSPS) is 10.9. The molecule has 0 aliphatic carbocycles. The highest BCUT2D eigenvalue weighted by Gasteiger charge is 2.02. The van der Waals surface area contributed by atoms with Gasteiger partial charge >= 0.3 is 0 Å². The minimum atomic E-state index is 1.04. The second-order valence-corrected chi connectivity index (χ2v) is 5.58. The summed E-state index contributed by atoms with van der Waals surface area (Å²) in [7, 11) is 0. The van der Waals surface area contributed by atoms with Crippen LogP contribution in [-0.2, 0) is 6.42 Å². The second-order valence-electron chi connectivity index (χ2n) is 4.42. The molecule has 0 fully saturated rings. The van der Waals surface area contributed by atoms with Crippen molar-refractivity contribution in [1.82, 2.24) is 0 Å². The van der Waals surface area contributed by atoms with Gasteiger partial charge in [-0.15, -0.1) is 11.3 Å². The molecule has 0 aliphatic heterocycles. The summed E-state index contributed by atoms with van der Waals surface area (Å²) in [6.45, 7) is 2.15. The van der Waals surface area contributed by atoms with E-state index in [1.165, 1.54) is 26.1 Å². The fraction of sp³-hybridized carbons (Fsp3) is 0.125. The molecule has 17 heavy (non-hydrogen) atoms. The van der Waals surface area contributed by atoms with E-state index in [0.29, 0.717) is 0 Å². The topological polar surface area (TPSA) is 0 Å². The third-order valence-electron chi connectivity index (χ3n) is 2.94. The molecule has 2 aromatic carbocycles. The van der Waals surface area contributed by atoms with Crippen LogP contribution in [0.25, 0.3) is 10.1 Å². The Morgan fingerprint density at radius 1 is 0.941 bits per heavy atom. The molecule has 1 heteroatoms. The first-order valence-electron chi connectivity index (χ1n) is 5.84.